The van der Waals surface area contributed by atoms with E-state index in [1.54, 1.807) is 13.0 Å². The van der Waals surface area contributed by atoms with E-state index in [9.17, 15) is 19.8 Å². The Morgan fingerprint density at radius 1 is 1.12 bits per heavy atom. The predicted octanol–water partition coefficient (Wildman–Crippen LogP) is 2.64. The van der Waals surface area contributed by atoms with Gasteiger partial charge in [0.25, 0.3) is 0 Å². The van der Waals surface area contributed by atoms with Gasteiger partial charge in [-0.3, -0.25) is 9.59 Å². The molecule has 0 spiro atoms. The lowest BCUT2D eigenvalue weighted by Gasteiger charge is -2.63. The Labute approximate surface area is 150 Å². The lowest BCUT2D eigenvalue weighted by molar-refractivity contribution is -0.261. The molecule has 142 valence electrons. The third-order valence-corrected chi connectivity index (χ3v) is 6.49. The molecule has 0 amide bonds. The first-order valence-corrected chi connectivity index (χ1v) is 9.10. The Kier molecular flexibility index (Phi) is 5.24. The molecule has 2 aliphatic rings. The van der Waals surface area contributed by atoms with Crippen LogP contribution in [0.25, 0.3) is 0 Å². The van der Waals surface area contributed by atoms with Gasteiger partial charge in [0, 0.05) is 18.8 Å². The minimum absolute atomic E-state index is 0.0948. The Morgan fingerprint density at radius 2 is 1.72 bits per heavy atom. The van der Waals surface area contributed by atoms with Crippen molar-refractivity contribution in [2.45, 2.75) is 78.6 Å². The highest BCUT2D eigenvalue weighted by Crippen LogP contribution is 2.62. The largest absolute Gasteiger partial charge is 0.459 e. The molecule has 2 fully saturated rings. The number of ether oxygens (including phenoxy) is 1. The van der Waals surface area contributed by atoms with Crippen molar-refractivity contribution in [2.75, 3.05) is 0 Å². The Balaban J connectivity index is 2.61. The summed E-state index contributed by atoms with van der Waals surface area (Å²) in [6.07, 6.45) is 4.02. The van der Waals surface area contributed by atoms with Crippen molar-refractivity contribution in [1.82, 2.24) is 0 Å². The van der Waals surface area contributed by atoms with Crippen LogP contribution in [0.5, 0.6) is 0 Å². The third kappa shape index (κ3) is 3.41. The van der Waals surface area contributed by atoms with Crippen LogP contribution in [0.2, 0.25) is 0 Å². The molecule has 0 aromatic carbocycles. The van der Waals surface area contributed by atoms with Gasteiger partial charge in [0.2, 0.25) is 0 Å². The van der Waals surface area contributed by atoms with Crippen LogP contribution in [-0.2, 0) is 14.3 Å². The molecule has 2 aliphatic carbocycles. The maximum Gasteiger partial charge on any atom is 0.303 e. The van der Waals surface area contributed by atoms with Gasteiger partial charge in [-0.1, -0.05) is 33.3 Å². The number of carbonyl (C=O) groups excluding carboxylic acids is 2. The number of aliphatic hydroxyl groups is 2. The lowest BCUT2D eigenvalue weighted by Crippen LogP contribution is -2.70. The average Bonchev–Trinajstić information content (AvgIpc) is 2.42. The van der Waals surface area contributed by atoms with Crippen molar-refractivity contribution in [3.63, 3.8) is 0 Å². The summed E-state index contributed by atoms with van der Waals surface area (Å²) >= 11 is 0. The summed E-state index contributed by atoms with van der Waals surface area (Å²) in [5.74, 6) is -1.08. The first-order valence-electron chi connectivity index (χ1n) is 9.10. The zero-order chi connectivity index (χ0) is 19.2. The quantitative estimate of drug-likeness (QED) is 0.602. The van der Waals surface area contributed by atoms with E-state index in [0.29, 0.717) is 0 Å². The number of rotatable bonds is 3. The van der Waals surface area contributed by atoms with E-state index in [2.05, 4.69) is 20.8 Å². The van der Waals surface area contributed by atoms with E-state index in [-0.39, 0.29) is 17.1 Å². The van der Waals surface area contributed by atoms with E-state index in [0.717, 1.165) is 19.3 Å². The highest BCUT2D eigenvalue weighted by atomic mass is 16.6. The molecular weight excluding hydrogens is 320 g/mol. The standard InChI is InChI=1S/C20H32O5/c1-12(21)8-9-14-19(5)11-7-10-18(3,4)16(19)15(25-13(2)22)17(23)20(14,6)24/h8-9,14-17,23-24H,7,10-11H2,1-6H3. The summed E-state index contributed by atoms with van der Waals surface area (Å²) in [4.78, 5) is 23.2. The van der Waals surface area contributed by atoms with Crippen molar-refractivity contribution in [2.24, 2.45) is 22.7 Å². The third-order valence-electron chi connectivity index (χ3n) is 6.49. The van der Waals surface area contributed by atoms with Gasteiger partial charge in [-0.05, 0) is 43.6 Å². The lowest BCUT2D eigenvalue weighted by atomic mass is 9.44. The molecule has 2 saturated carbocycles. The fourth-order valence-electron chi connectivity index (χ4n) is 5.63. The number of allylic oxidation sites excluding steroid dienone is 1. The van der Waals surface area contributed by atoms with Crippen molar-refractivity contribution in [3.8, 4) is 0 Å². The molecule has 2 N–H and O–H groups in total. The van der Waals surface area contributed by atoms with Gasteiger partial charge in [-0.15, -0.1) is 0 Å². The molecule has 6 unspecified atom stereocenters. The molecule has 5 heteroatoms. The van der Waals surface area contributed by atoms with Crippen molar-refractivity contribution in [3.05, 3.63) is 12.2 Å². The molecule has 0 saturated heterocycles. The molecule has 5 nitrogen and oxygen atoms in total. The Bertz CT molecular complexity index is 577. The number of esters is 1. The van der Waals surface area contributed by atoms with E-state index in [1.165, 1.54) is 19.9 Å². The average molecular weight is 352 g/mol. The van der Waals surface area contributed by atoms with Gasteiger partial charge in [-0.25, -0.2) is 0 Å². The van der Waals surface area contributed by atoms with Crippen molar-refractivity contribution < 1.29 is 24.5 Å². The normalized spacial score (nSPS) is 43.5. The summed E-state index contributed by atoms with van der Waals surface area (Å²) in [6.45, 7) is 10.7. The molecule has 0 aromatic rings. The van der Waals surface area contributed by atoms with Gasteiger partial charge >= 0.3 is 5.97 Å². The van der Waals surface area contributed by atoms with Crippen LogP contribution >= 0.6 is 0 Å². The van der Waals surface area contributed by atoms with Crippen molar-refractivity contribution >= 4 is 11.8 Å². The summed E-state index contributed by atoms with van der Waals surface area (Å²) in [6, 6.07) is 0. The van der Waals surface area contributed by atoms with Crippen LogP contribution < -0.4 is 0 Å². The molecule has 6 atom stereocenters. The van der Waals surface area contributed by atoms with Gasteiger partial charge in [0.15, 0.2) is 5.78 Å². The number of carbonyl (C=O) groups is 2. The second-order valence-corrected chi connectivity index (χ2v) is 9.02. The minimum Gasteiger partial charge on any atom is -0.459 e. The smallest absolute Gasteiger partial charge is 0.303 e. The highest BCUT2D eigenvalue weighted by Gasteiger charge is 2.65. The molecule has 25 heavy (non-hydrogen) atoms. The molecule has 2 rings (SSSR count). The number of hydrogen-bond donors (Lipinski definition) is 2. The van der Waals surface area contributed by atoms with Crippen molar-refractivity contribution in [1.29, 1.82) is 0 Å². The number of ketones is 1. The van der Waals surface area contributed by atoms with E-state index in [4.69, 9.17) is 4.74 Å². The fourth-order valence-corrected chi connectivity index (χ4v) is 5.63. The topological polar surface area (TPSA) is 83.8 Å². The first kappa shape index (κ1) is 20.1. The van der Waals surface area contributed by atoms with Gasteiger partial charge in [0.1, 0.15) is 12.2 Å². The van der Waals surface area contributed by atoms with Gasteiger partial charge in [0.05, 0.1) is 5.60 Å². The number of hydrogen-bond acceptors (Lipinski definition) is 5. The van der Waals surface area contributed by atoms with Crippen LogP contribution in [0.4, 0.5) is 0 Å². The minimum atomic E-state index is -1.50. The van der Waals surface area contributed by atoms with Gasteiger partial charge in [-0.2, -0.15) is 0 Å². The summed E-state index contributed by atoms with van der Waals surface area (Å²) < 4.78 is 5.54. The second kappa shape index (κ2) is 6.51. The van der Waals surface area contributed by atoms with E-state index in [1.807, 2.05) is 0 Å². The van der Waals surface area contributed by atoms with Crippen LogP contribution in [-0.4, -0.2) is 39.8 Å². The monoisotopic (exact) mass is 352 g/mol. The molecule has 0 aromatic heterocycles. The van der Waals surface area contributed by atoms with Gasteiger partial charge < -0.3 is 14.9 Å². The Hall–Kier alpha value is -1.20. The molecular formula is C20H32O5. The zero-order valence-corrected chi connectivity index (χ0v) is 16.2. The Morgan fingerprint density at radius 3 is 2.24 bits per heavy atom. The van der Waals surface area contributed by atoms with Crippen LogP contribution in [0.1, 0.15) is 60.8 Å². The zero-order valence-electron chi connectivity index (χ0n) is 16.2. The summed E-state index contributed by atoms with van der Waals surface area (Å²) in [7, 11) is 0. The summed E-state index contributed by atoms with van der Waals surface area (Å²) in [5.41, 5.74) is -2.05. The van der Waals surface area contributed by atoms with Crippen LogP contribution in [0, 0.1) is 22.7 Å². The predicted molar refractivity (Wildman–Crippen MR) is 94.7 cm³/mol. The molecule has 0 aliphatic heterocycles. The summed E-state index contributed by atoms with van der Waals surface area (Å²) in [5, 5.41) is 22.1. The van der Waals surface area contributed by atoms with Crippen LogP contribution in [0.15, 0.2) is 12.2 Å². The fraction of sp³-hybridized carbons (Fsp3) is 0.800. The maximum atomic E-state index is 11.7. The molecule has 0 radical (unpaired) electrons. The van der Waals surface area contributed by atoms with E-state index < -0.39 is 35.1 Å². The van der Waals surface area contributed by atoms with Crippen LogP contribution in [0.3, 0.4) is 0 Å². The molecule has 0 heterocycles. The number of aliphatic hydroxyl groups excluding tert-OH is 1. The highest BCUT2D eigenvalue weighted by molar-refractivity contribution is 5.87. The molecule has 0 bridgehead atoms. The maximum absolute atomic E-state index is 11.7. The number of fused-ring (bicyclic) bond motifs is 1. The second-order valence-electron chi connectivity index (χ2n) is 9.02. The first-order chi connectivity index (χ1) is 11.3. The van der Waals surface area contributed by atoms with E-state index >= 15 is 0 Å². The SMILES string of the molecule is CC(=O)C=CC1C(C)(O)C(O)C(OC(C)=O)C2C(C)(C)CCCC21C.